The van der Waals surface area contributed by atoms with Crippen LogP contribution in [0.5, 0.6) is 0 Å². The van der Waals surface area contributed by atoms with Crippen molar-refractivity contribution in [3.05, 3.63) is 35.4 Å². The molecule has 2 nitrogen and oxygen atoms in total. The summed E-state index contributed by atoms with van der Waals surface area (Å²) in [4.78, 5) is 0. The quantitative estimate of drug-likeness (QED) is 0.588. The zero-order valence-corrected chi connectivity index (χ0v) is 7.09. The monoisotopic (exact) mass is 162 g/mol. The Morgan fingerprint density at radius 1 is 1.25 bits per heavy atom. The second kappa shape index (κ2) is 3.25. The summed E-state index contributed by atoms with van der Waals surface area (Å²) in [5.41, 5.74) is 8.68. The van der Waals surface area contributed by atoms with Crippen LogP contribution in [0.2, 0.25) is 0 Å². The van der Waals surface area contributed by atoms with Gasteiger partial charge in [-0.3, -0.25) is 0 Å². The number of benzene rings is 1. The molecule has 2 rings (SSSR count). The van der Waals surface area contributed by atoms with Gasteiger partial charge in [-0.1, -0.05) is 24.3 Å². The molecule has 0 amide bonds. The molecule has 12 heavy (non-hydrogen) atoms. The fourth-order valence-electron chi connectivity index (χ4n) is 1.70. The van der Waals surface area contributed by atoms with Gasteiger partial charge in [0.05, 0.1) is 6.17 Å². The average Bonchev–Trinajstić information content (AvgIpc) is 2.25. The van der Waals surface area contributed by atoms with Crippen LogP contribution in [0.4, 0.5) is 0 Å². The van der Waals surface area contributed by atoms with Crippen LogP contribution < -0.4 is 11.1 Å². The van der Waals surface area contributed by atoms with Gasteiger partial charge in [-0.05, 0) is 17.5 Å². The van der Waals surface area contributed by atoms with Gasteiger partial charge < -0.3 is 11.1 Å². The van der Waals surface area contributed by atoms with E-state index in [1.165, 1.54) is 11.1 Å². The molecule has 1 atom stereocenters. The standard InChI is InChI=1S/C10H14N2/c11-10-7-9-4-2-1-3-8(9)5-6-12-10/h1-4,10,12H,5-7,11H2. The van der Waals surface area contributed by atoms with E-state index in [1.54, 1.807) is 0 Å². The SMILES string of the molecule is NC1Cc2ccccc2CCN1. The molecule has 1 aromatic carbocycles. The fourth-order valence-corrected chi connectivity index (χ4v) is 1.70. The summed E-state index contributed by atoms with van der Waals surface area (Å²) in [7, 11) is 0. The van der Waals surface area contributed by atoms with E-state index in [2.05, 4.69) is 29.6 Å². The largest absolute Gasteiger partial charge is 0.316 e. The lowest BCUT2D eigenvalue weighted by Crippen LogP contribution is -2.38. The van der Waals surface area contributed by atoms with Crippen molar-refractivity contribution < 1.29 is 0 Å². The predicted octanol–water partition coefficient (Wildman–Crippen LogP) is 0.660. The maximum atomic E-state index is 5.84. The van der Waals surface area contributed by atoms with Crippen LogP contribution in [0.25, 0.3) is 0 Å². The van der Waals surface area contributed by atoms with Crippen molar-refractivity contribution in [2.75, 3.05) is 6.54 Å². The summed E-state index contributed by atoms with van der Waals surface area (Å²) < 4.78 is 0. The average molecular weight is 162 g/mol. The van der Waals surface area contributed by atoms with Crippen molar-refractivity contribution >= 4 is 0 Å². The molecule has 1 unspecified atom stereocenters. The number of rotatable bonds is 0. The molecule has 1 aromatic rings. The summed E-state index contributed by atoms with van der Waals surface area (Å²) >= 11 is 0. The topological polar surface area (TPSA) is 38.0 Å². The predicted molar refractivity (Wildman–Crippen MR) is 49.8 cm³/mol. The molecule has 0 fully saturated rings. The maximum Gasteiger partial charge on any atom is 0.0587 e. The number of nitrogens with one attached hydrogen (secondary N) is 1. The van der Waals surface area contributed by atoms with Gasteiger partial charge in [0, 0.05) is 13.0 Å². The Bertz CT molecular complexity index is 270. The highest BCUT2D eigenvalue weighted by atomic mass is 15.0. The number of hydrogen-bond acceptors (Lipinski definition) is 2. The molecule has 64 valence electrons. The van der Waals surface area contributed by atoms with E-state index in [4.69, 9.17) is 5.73 Å². The number of fused-ring (bicyclic) bond motifs is 1. The molecule has 0 bridgehead atoms. The highest BCUT2D eigenvalue weighted by Crippen LogP contribution is 2.12. The molecular weight excluding hydrogens is 148 g/mol. The van der Waals surface area contributed by atoms with Gasteiger partial charge in [0.2, 0.25) is 0 Å². The van der Waals surface area contributed by atoms with Crippen LogP contribution in [0.3, 0.4) is 0 Å². The van der Waals surface area contributed by atoms with Crippen molar-refractivity contribution in [3.63, 3.8) is 0 Å². The third-order valence-electron chi connectivity index (χ3n) is 2.36. The molecular formula is C10H14N2. The van der Waals surface area contributed by atoms with Crippen molar-refractivity contribution in [2.45, 2.75) is 19.0 Å². The fraction of sp³-hybridized carbons (Fsp3) is 0.400. The summed E-state index contributed by atoms with van der Waals surface area (Å²) in [5, 5.41) is 3.27. The molecule has 0 aliphatic carbocycles. The van der Waals surface area contributed by atoms with Crippen LogP contribution in [-0.4, -0.2) is 12.7 Å². The molecule has 3 N–H and O–H groups in total. The lowest BCUT2D eigenvalue weighted by atomic mass is 10.0. The molecule has 1 heterocycles. The molecule has 2 heteroatoms. The van der Waals surface area contributed by atoms with Crippen LogP contribution in [0, 0.1) is 0 Å². The highest BCUT2D eigenvalue weighted by molar-refractivity contribution is 5.29. The first kappa shape index (κ1) is 7.77. The molecule has 0 saturated heterocycles. The van der Waals surface area contributed by atoms with Crippen LogP contribution in [0.1, 0.15) is 11.1 Å². The third-order valence-corrected chi connectivity index (χ3v) is 2.36. The zero-order valence-electron chi connectivity index (χ0n) is 7.09. The van der Waals surface area contributed by atoms with Gasteiger partial charge in [-0.2, -0.15) is 0 Å². The third kappa shape index (κ3) is 1.49. The van der Waals surface area contributed by atoms with Crippen molar-refractivity contribution in [2.24, 2.45) is 5.73 Å². The minimum Gasteiger partial charge on any atom is -0.316 e. The van der Waals surface area contributed by atoms with Crippen LogP contribution in [-0.2, 0) is 12.8 Å². The summed E-state index contributed by atoms with van der Waals surface area (Å²) in [6, 6.07) is 8.53. The van der Waals surface area contributed by atoms with Crippen LogP contribution in [0.15, 0.2) is 24.3 Å². The first-order valence-electron chi connectivity index (χ1n) is 4.42. The highest BCUT2D eigenvalue weighted by Gasteiger charge is 2.10. The Morgan fingerprint density at radius 2 is 2.00 bits per heavy atom. The molecule has 0 spiro atoms. The van der Waals surface area contributed by atoms with E-state index in [0.29, 0.717) is 0 Å². The molecule has 1 aliphatic rings. The smallest absolute Gasteiger partial charge is 0.0587 e. The van der Waals surface area contributed by atoms with Crippen LogP contribution >= 0.6 is 0 Å². The van der Waals surface area contributed by atoms with Crippen molar-refractivity contribution in [1.82, 2.24) is 5.32 Å². The first-order valence-corrected chi connectivity index (χ1v) is 4.42. The molecule has 1 aliphatic heterocycles. The number of nitrogens with two attached hydrogens (primary N) is 1. The first-order chi connectivity index (χ1) is 5.86. The van der Waals surface area contributed by atoms with E-state index in [1.807, 2.05) is 0 Å². The molecule has 0 saturated carbocycles. The van der Waals surface area contributed by atoms with Crippen molar-refractivity contribution in [1.29, 1.82) is 0 Å². The Labute approximate surface area is 72.8 Å². The summed E-state index contributed by atoms with van der Waals surface area (Å²) in [6.07, 6.45) is 2.19. The Morgan fingerprint density at radius 3 is 2.83 bits per heavy atom. The summed E-state index contributed by atoms with van der Waals surface area (Å²) in [6.45, 7) is 0.998. The van der Waals surface area contributed by atoms with Gasteiger partial charge in [0.1, 0.15) is 0 Å². The van der Waals surface area contributed by atoms with E-state index < -0.39 is 0 Å². The van der Waals surface area contributed by atoms with Gasteiger partial charge in [-0.15, -0.1) is 0 Å². The van der Waals surface area contributed by atoms with Gasteiger partial charge in [0.15, 0.2) is 0 Å². The Balaban J connectivity index is 2.31. The van der Waals surface area contributed by atoms with Gasteiger partial charge >= 0.3 is 0 Å². The lowest BCUT2D eigenvalue weighted by molar-refractivity contribution is 0.545. The van der Waals surface area contributed by atoms with E-state index in [9.17, 15) is 0 Å². The summed E-state index contributed by atoms with van der Waals surface area (Å²) in [5.74, 6) is 0. The molecule has 0 aromatic heterocycles. The second-order valence-corrected chi connectivity index (χ2v) is 3.28. The van der Waals surface area contributed by atoms with Gasteiger partial charge in [-0.25, -0.2) is 0 Å². The molecule has 0 radical (unpaired) electrons. The van der Waals surface area contributed by atoms with E-state index in [-0.39, 0.29) is 6.17 Å². The Kier molecular flexibility index (Phi) is 2.11. The number of hydrogen-bond donors (Lipinski definition) is 2. The van der Waals surface area contributed by atoms with E-state index >= 15 is 0 Å². The van der Waals surface area contributed by atoms with Gasteiger partial charge in [0.25, 0.3) is 0 Å². The Hall–Kier alpha value is -0.860. The minimum absolute atomic E-state index is 0.133. The van der Waals surface area contributed by atoms with E-state index in [0.717, 1.165) is 19.4 Å². The zero-order chi connectivity index (χ0) is 8.39. The minimum atomic E-state index is 0.133. The second-order valence-electron chi connectivity index (χ2n) is 3.28. The maximum absolute atomic E-state index is 5.84. The lowest BCUT2D eigenvalue weighted by Gasteiger charge is -2.08. The normalized spacial score (nSPS) is 22.9. The van der Waals surface area contributed by atoms with Crippen molar-refractivity contribution in [3.8, 4) is 0 Å².